The number of aromatic nitrogens is 2. The molecule has 0 aliphatic heterocycles. The van der Waals surface area contributed by atoms with Crippen LogP contribution in [0.1, 0.15) is 41.8 Å². The van der Waals surface area contributed by atoms with E-state index in [4.69, 9.17) is 9.26 Å². The molecule has 0 bridgehead atoms. The fraction of sp³-hybridized carbons (Fsp3) is 0.500. The molecular weight excluding hydrogens is 266 g/mol. The van der Waals surface area contributed by atoms with Crippen molar-refractivity contribution in [2.24, 2.45) is 0 Å². The summed E-state index contributed by atoms with van der Waals surface area (Å²) in [6, 6.07) is 4.32. The van der Waals surface area contributed by atoms with Crippen LogP contribution in [-0.2, 0) is 13.2 Å². The third-order valence-electron chi connectivity index (χ3n) is 3.19. The van der Waals surface area contributed by atoms with E-state index < -0.39 is 0 Å². The first-order valence-corrected chi connectivity index (χ1v) is 7.33. The number of hydrogen-bond donors (Lipinski definition) is 1. The van der Waals surface area contributed by atoms with Crippen molar-refractivity contribution >= 4 is 0 Å². The molecule has 21 heavy (non-hydrogen) atoms. The van der Waals surface area contributed by atoms with Crippen LogP contribution in [0.2, 0.25) is 0 Å². The average Bonchev–Trinajstić information content (AvgIpc) is 2.84. The molecule has 0 amide bonds. The lowest BCUT2D eigenvalue weighted by atomic mass is 10.1. The lowest BCUT2D eigenvalue weighted by Crippen LogP contribution is -2.14. The minimum atomic E-state index is 0.326. The summed E-state index contributed by atoms with van der Waals surface area (Å²) in [6.45, 7) is 10.3. The molecule has 1 aromatic carbocycles. The van der Waals surface area contributed by atoms with E-state index in [9.17, 15) is 0 Å². The van der Waals surface area contributed by atoms with Crippen LogP contribution in [0, 0.1) is 20.8 Å². The molecule has 2 rings (SSSR count). The molecule has 0 radical (unpaired) electrons. The fourth-order valence-corrected chi connectivity index (χ4v) is 2.32. The molecule has 1 aromatic heterocycles. The van der Waals surface area contributed by atoms with E-state index in [1.807, 2.05) is 0 Å². The van der Waals surface area contributed by atoms with Crippen molar-refractivity contribution < 1.29 is 9.26 Å². The SMILES string of the molecule is CCCNCc1cc(C)c(OCc2noc(C)n2)c(C)c1. The van der Waals surface area contributed by atoms with Gasteiger partial charge in [0.15, 0.2) is 6.61 Å². The summed E-state index contributed by atoms with van der Waals surface area (Å²) in [5.74, 6) is 2.02. The summed E-state index contributed by atoms with van der Waals surface area (Å²) in [7, 11) is 0. The van der Waals surface area contributed by atoms with E-state index in [2.05, 4.69) is 48.4 Å². The normalized spacial score (nSPS) is 10.9. The summed E-state index contributed by atoms with van der Waals surface area (Å²) < 4.78 is 10.8. The Labute approximate surface area is 125 Å². The van der Waals surface area contributed by atoms with Crippen LogP contribution in [0.25, 0.3) is 0 Å². The third-order valence-corrected chi connectivity index (χ3v) is 3.19. The zero-order valence-corrected chi connectivity index (χ0v) is 13.2. The molecule has 1 heterocycles. The Morgan fingerprint density at radius 3 is 2.48 bits per heavy atom. The lowest BCUT2D eigenvalue weighted by molar-refractivity contribution is 0.282. The Bertz CT molecular complexity index is 570. The monoisotopic (exact) mass is 289 g/mol. The van der Waals surface area contributed by atoms with Crippen molar-refractivity contribution in [3.8, 4) is 5.75 Å². The smallest absolute Gasteiger partial charge is 0.223 e. The van der Waals surface area contributed by atoms with Crippen molar-refractivity contribution in [2.45, 2.75) is 47.3 Å². The zero-order valence-electron chi connectivity index (χ0n) is 13.2. The third kappa shape index (κ3) is 4.29. The van der Waals surface area contributed by atoms with Crippen molar-refractivity contribution in [2.75, 3.05) is 6.54 Å². The van der Waals surface area contributed by atoms with Gasteiger partial charge in [0.25, 0.3) is 0 Å². The summed E-state index contributed by atoms with van der Waals surface area (Å²) in [5, 5.41) is 7.25. The summed E-state index contributed by atoms with van der Waals surface area (Å²) in [6.07, 6.45) is 1.14. The van der Waals surface area contributed by atoms with Gasteiger partial charge < -0.3 is 14.6 Å². The minimum Gasteiger partial charge on any atom is -0.485 e. The van der Waals surface area contributed by atoms with Crippen LogP contribution in [0.3, 0.4) is 0 Å². The number of nitrogens with one attached hydrogen (secondary N) is 1. The molecule has 114 valence electrons. The molecule has 0 aliphatic carbocycles. The van der Waals surface area contributed by atoms with E-state index in [1.54, 1.807) is 6.92 Å². The molecule has 0 saturated carbocycles. The molecule has 0 spiro atoms. The predicted molar refractivity (Wildman–Crippen MR) is 81.3 cm³/mol. The zero-order chi connectivity index (χ0) is 15.2. The molecule has 5 heteroatoms. The number of benzene rings is 1. The standard InChI is InChI=1S/C16H23N3O2/c1-5-6-17-9-14-7-11(2)16(12(3)8-14)20-10-15-18-13(4)21-19-15/h7-8,17H,5-6,9-10H2,1-4H3. The Morgan fingerprint density at radius 1 is 1.19 bits per heavy atom. The Morgan fingerprint density at radius 2 is 1.90 bits per heavy atom. The Kier molecular flexibility index (Phi) is 5.33. The molecule has 0 fully saturated rings. The van der Waals surface area contributed by atoms with Crippen LogP contribution >= 0.6 is 0 Å². The second-order valence-electron chi connectivity index (χ2n) is 5.25. The topological polar surface area (TPSA) is 60.2 Å². The second kappa shape index (κ2) is 7.22. The molecule has 2 aromatic rings. The number of rotatable bonds is 7. The maximum atomic E-state index is 5.84. The van der Waals surface area contributed by atoms with E-state index >= 15 is 0 Å². The summed E-state index contributed by atoms with van der Waals surface area (Å²) >= 11 is 0. The highest BCUT2D eigenvalue weighted by atomic mass is 16.5. The second-order valence-corrected chi connectivity index (χ2v) is 5.25. The highest BCUT2D eigenvalue weighted by molar-refractivity contribution is 5.43. The highest BCUT2D eigenvalue weighted by Crippen LogP contribution is 2.25. The molecule has 0 aliphatic rings. The largest absolute Gasteiger partial charge is 0.485 e. The van der Waals surface area contributed by atoms with Gasteiger partial charge in [-0.1, -0.05) is 24.2 Å². The Balaban J connectivity index is 2.02. The first-order valence-electron chi connectivity index (χ1n) is 7.33. The number of nitrogens with zero attached hydrogens (tertiary/aromatic N) is 2. The predicted octanol–water partition coefficient (Wildman–Crippen LogP) is 3.07. The van der Waals surface area contributed by atoms with Crippen LogP contribution in [0.4, 0.5) is 0 Å². The van der Waals surface area contributed by atoms with Gasteiger partial charge in [-0.25, -0.2) is 0 Å². The first-order chi connectivity index (χ1) is 10.1. The van der Waals surface area contributed by atoms with Gasteiger partial charge >= 0.3 is 0 Å². The van der Waals surface area contributed by atoms with Gasteiger partial charge in [0.05, 0.1) is 0 Å². The van der Waals surface area contributed by atoms with Gasteiger partial charge in [0.2, 0.25) is 11.7 Å². The van der Waals surface area contributed by atoms with Crippen molar-refractivity contribution in [1.82, 2.24) is 15.5 Å². The Hall–Kier alpha value is -1.88. The average molecular weight is 289 g/mol. The van der Waals surface area contributed by atoms with Crippen LogP contribution in [0.5, 0.6) is 5.75 Å². The lowest BCUT2D eigenvalue weighted by Gasteiger charge is -2.13. The maximum Gasteiger partial charge on any atom is 0.223 e. The van der Waals surface area contributed by atoms with E-state index in [0.717, 1.165) is 36.4 Å². The molecular formula is C16H23N3O2. The van der Waals surface area contributed by atoms with E-state index in [0.29, 0.717) is 18.3 Å². The first kappa shape index (κ1) is 15.5. The highest BCUT2D eigenvalue weighted by Gasteiger charge is 2.09. The van der Waals surface area contributed by atoms with Crippen LogP contribution in [-0.4, -0.2) is 16.7 Å². The van der Waals surface area contributed by atoms with E-state index in [1.165, 1.54) is 5.56 Å². The summed E-state index contributed by atoms with van der Waals surface area (Å²) in [5.41, 5.74) is 3.54. The maximum absolute atomic E-state index is 5.84. The van der Waals surface area contributed by atoms with Gasteiger partial charge in [-0.3, -0.25) is 0 Å². The van der Waals surface area contributed by atoms with Crippen LogP contribution in [0.15, 0.2) is 16.7 Å². The number of ether oxygens (including phenoxy) is 1. The van der Waals surface area contributed by atoms with Crippen molar-refractivity contribution in [3.63, 3.8) is 0 Å². The van der Waals surface area contributed by atoms with Crippen molar-refractivity contribution in [1.29, 1.82) is 0 Å². The molecule has 0 atom stereocenters. The quantitative estimate of drug-likeness (QED) is 0.794. The van der Waals surface area contributed by atoms with Crippen LogP contribution < -0.4 is 10.1 Å². The van der Waals surface area contributed by atoms with Gasteiger partial charge in [0.1, 0.15) is 5.75 Å². The molecule has 1 N–H and O–H groups in total. The number of aryl methyl sites for hydroxylation is 3. The fourth-order valence-electron chi connectivity index (χ4n) is 2.32. The molecule has 0 unspecified atom stereocenters. The van der Waals surface area contributed by atoms with Crippen molar-refractivity contribution in [3.05, 3.63) is 40.5 Å². The summed E-state index contributed by atoms with van der Waals surface area (Å²) in [4.78, 5) is 4.14. The van der Waals surface area contributed by atoms with Gasteiger partial charge in [-0.2, -0.15) is 4.98 Å². The molecule has 5 nitrogen and oxygen atoms in total. The number of hydrogen-bond acceptors (Lipinski definition) is 5. The van der Waals surface area contributed by atoms with Gasteiger partial charge in [-0.05, 0) is 43.5 Å². The van der Waals surface area contributed by atoms with Gasteiger partial charge in [0, 0.05) is 13.5 Å². The van der Waals surface area contributed by atoms with Gasteiger partial charge in [-0.15, -0.1) is 0 Å². The molecule has 0 saturated heterocycles. The van der Waals surface area contributed by atoms with E-state index in [-0.39, 0.29) is 0 Å². The minimum absolute atomic E-state index is 0.326.